The Bertz CT molecular complexity index is 238. The van der Waals surface area contributed by atoms with Gasteiger partial charge in [0.1, 0.15) is 0 Å². The van der Waals surface area contributed by atoms with Crippen LogP contribution in [-0.2, 0) is 0 Å². The summed E-state index contributed by atoms with van der Waals surface area (Å²) in [7, 11) is 0. The maximum atomic E-state index is 5.71. The zero-order valence-corrected chi connectivity index (χ0v) is 14.2. The van der Waals surface area contributed by atoms with Gasteiger partial charge >= 0.3 is 0 Å². The molecule has 2 unspecified atom stereocenters. The zero-order valence-electron chi connectivity index (χ0n) is 14.2. The van der Waals surface area contributed by atoms with Crippen LogP contribution in [0, 0.1) is 11.3 Å². The average Bonchev–Trinajstić information content (AvgIpc) is 3.05. The van der Waals surface area contributed by atoms with Crippen molar-refractivity contribution in [2.75, 3.05) is 0 Å². The molecule has 0 saturated heterocycles. The first-order valence-corrected chi connectivity index (χ1v) is 9.08. The molecule has 0 aromatic rings. The predicted octanol–water partition coefficient (Wildman–Crippen LogP) is 5.18. The van der Waals surface area contributed by atoms with Crippen molar-refractivity contribution < 1.29 is 0 Å². The number of nitrogens with two attached hydrogens (primary N) is 1. The number of nitrogens with one attached hydrogen (secondary N) is 1. The van der Waals surface area contributed by atoms with Crippen molar-refractivity contribution in [2.24, 2.45) is 17.2 Å². The van der Waals surface area contributed by atoms with Gasteiger partial charge in [-0.2, -0.15) is 0 Å². The molecule has 0 aromatic carbocycles. The van der Waals surface area contributed by atoms with Crippen LogP contribution in [0.4, 0.5) is 0 Å². The predicted molar refractivity (Wildman–Crippen MR) is 89.5 cm³/mol. The van der Waals surface area contributed by atoms with Crippen LogP contribution in [0.15, 0.2) is 0 Å². The van der Waals surface area contributed by atoms with E-state index in [1.165, 1.54) is 77.0 Å². The van der Waals surface area contributed by atoms with Gasteiger partial charge in [0.2, 0.25) is 0 Å². The van der Waals surface area contributed by atoms with Crippen LogP contribution < -0.4 is 11.3 Å². The van der Waals surface area contributed by atoms with E-state index in [0.717, 1.165) is 5.92 Å². The minimum absolute atomic E-state index is 0.537. The van der Waals surface area contributed by atoms with Crippen molar-refractivity contribution in [3.63, 3.8) is 0 Å². The monoisotopic (exact) mass is 282 g/mol. The van der Waals surface area contributed by atoms with Gasteiger partial charge in [-0.1, -0.05) is 85.0 Å². The van der Waals surface area contributed by atoms with E-state index in [2.05, 4.69) is 26.2 Å². The minimum Gasteiger partial charge on any atom is -0.271 e. The summed E-state index contributed by atoms with van der Waals surface area (Å²) >= 11 is 0. The molecule has 1 saturated carbocycles. The number of hydrogen-bond acceptors (Lipinski definition) is 2. The van der Waals surface area contributed by atoms with Crippen LogP contribution in [0.1, 0.15) is 97.8 Å². The van der Waals surface area contributed by atoms with Gasteiger partial charge in [-0.15, -0.1) is 0 Å². The summed E-state index contributed by atoms with van der Waals surface area (Å²) in [5.74, 6) is 6.52. The number of rotatable bonds is 13. The smallest absolute Gasteiger partial charge is 0.0244 e. The third-order valence-electron chi connectivity index (χ3n) is 5.16. The van der Waals surface area contributed by atoms with E-state index >= 15 is 0 Å². The Kier molecular flexibility index (Phi) is 8.79. The van der Waals surface area contributed by atoms with Crippen LogP contribution in [0.3, 0.4) is 0 Å². The highest BCUT2D eigenvalue weighted by Crippen LogP contribution is 2.54. The second-order valence-electron chi connectivity index (χ2n) is 7.54. The molecule has 2 atom stereocenters. The Morgan fingerprint density at radius 1 is 0.950 bits per heavy atom. The fourth-order valence-corrected chi connectivity index (χ4v) is 3.45. The molecule has 0 spiro atoms. The van der Waals surface area contributed by atoms with Crippen LogP contribution in [0.5, 0.6) is 0 Å². The molecule has 1 aliphatic carbocycles. The Hall–Kier alpha value is -0.0800. The molecule has 0 heterocycles. The Labute approximate surface area is 127 Å². The summed E-state index contributed by atoms with van der Waals surface area (Å²) in [5.41, 5.74) is 3.59. The first-order chi connectivity index (χ1) is 9.61. The highest BCUT2D eigenvalue weighted by molar-refractivity contribution is 5.01. The van der Waals surface area contributed by atoms with Gasteiger partial charge in [-0.05, 0) is 24.2 Å². The van der Waals surface area contributed by atoms with Gasteiger partial charge in [0, 0.05) is 6.04 Å². The van der Waals surface area contributed by atoms with Crippen molar-refractivity contribution >= 4 is 0 Å². The highest BCUT2D eigenvalue weighted by Gasteiger charge is 2.49. The molecule has 0 aromatic heterocycles. The molecule has 2 heteroatoms. The van der Waals surface area contributed by atoms with Crippen molar-refractivity contribution in [3.05, 3.63) is 0 Å². The first-order valence-electron chi connectivity index (χ1n) is 9.08. The van der Waals surface area contributed by atoms with Gasteiger partial charge in [0.05, 0.1) is 0 Å². The number of hydrogen-bond donors (Lipinski definition) is 2. The summed E-state index contributed by atoms with van der Waals surface area (Å²) in [5, 5.41) is 0. The third kappa shape index (κ3) is 7.08. The maximum absolute atomic E-state index is 5.71. The van der Waals surface area contributed by atoms with Crippen LogP contribution in [0.25, 0.3) is 0 Å². The SMILES string of the molecule is CCCCCCCCCCCCC(NN)C1CC1(C)C. The molecule has 2 nitrogen and oxygen atoms in total. The van der Waals surface area contributed by atoms with Crippen molar-refractivity contribution in [3.8, 4) is 0 Å². The molecule has 0 amide bonds. The fraction of sp³-hybridized carbons (Fsp3) is 1.00. The lowest BCUT2D eigenvalue weighted by Crippen LogP contribution is -2.37. The third-order valence-corrected chi connectivity index (χ3v) is 5.16. The summed E-state index contributed by atoms with van der Waals surface area (Å²) in [6, 6.07) is 0.555. The molecule has 1 rings (SSSR count). The van der Waals surface area contributed by atoms with E-state index in [4.69, 9.17) is 5.84 Å². The summed E-state index contributed by atoms with van der Waals surface area (Å²) in [6.07, 6.45) is 16.8. The molecule has 3 N–H and O–H groups in total. The molecular formula is C18H38N2. The normalized spacial score (nSPS) is 21.9. The molecule has 1 fully saturated rings. The van der Waals surface area contributed by atoms with E-state index in [0.29, 0.717) is 11.5 Å². The lowest BCUT2D eigenvalue weighted by molar-refractivity contribution is 0.376. The van der Waals surface area contributed by atoms with Gasteiger partial charge in [0.15, 0.2) is 0 Å². The first kappa shape index (κ1) is 18.0. The molecule has 120 valence electrons. The molecular weight excluding hydrogens is 244 g/mol. The quantitative estimate of drug-likeness (QED) is 0.278. The Balaban J connectivity index is 1.87. The van der Waals surface area contributed by atoms with E-state index in [-0.39, 0.29) is 0 Å². The lowest BCUT2D eigenvalue weighted by Gasteiger charge is -2.17. The van der Waals surface area contributed by atoms with Gasteiger partial charge < -0.3 is 0 Å². The van der Waals surface area contributed by atoms with E-state index < -0.39 is 0 Å². The topological polar surface area (TPSA) is 38.0 Å². The second-order valence-corrected chi connectivity index (χ2v) is 7.54. The van der Waals surface area contributed by atoms with Gasteiger partial charge in [-0.25, -0.2) is 0 Å². The Morgan fingerprint density at radius 3 is 1.80 bits per heavy atom. The molecule has 20 heavy (non-hydrogen) atoms. The standard InChI is InChI=1S/C18H38N2/c1-4-5-6-7-8-9-10-11-12-13-14-17(20-19)16-15-18(16,2)3/h16-17,20H,4-15,19H2,1-3H3. The lowest BCUT2D eigenvalue weighted by atomic mass is 9.98. The van der Waals surface area contributed by atoms with Gasteiger partial charge in [0.25, 0.3) is 0 Å². The zero-order chi connectivity index (χ0) is 14.8. The largest absolute Gasteiger partial charge is 0.271 e. The Morgan fingerprint density at radius 2 is 1.40 bits per heavy atom. The van der Waals surface area contributed by atoms with Gasteiger partial charge in [-0.3, -0.25) is 11.3 Å². The highest BCUT2D eigenvalue weighted by atomic mass is 15.2. The maximum Gasteiger partial charge on any atom is 0.0244 e. The van der Waals surface area contributed by atoms with Crippen molar-refractivity contribution in [2.45, 2.75) is 104 Å². The van der Waals surface area contributed by atoms with Crippen LogP contribution in [0.2, 0.25) is 0 Å². The van der Waals surface area contributed by atoms with E-state index in [1.54, 1.807) is 0 Å². The molecule has 0 aliphatic heterocycles. The molecule has 0 bridgehead atoms. The molecule has 0 radical (unpaired) electrons. The van der Waals surface area contributed by atoms with Crippen LogP contribution >= 0.6 is 0 Å². The second kappa shape index (κ2) is 9.78. The van der Waals surface area contributed by atoms with E-state index in [9.17, 15) is 0 Å². The summed E-state index contributed by atoms with van der Waals surface area (Å²) < 4.78 is 0. The molecule has 1 aliphatic rings. The summed E-state index contributed by atoms with van der Waals surface area (Å²) in [4.78, 5) is 0. The van der Waals surface area contributed by atoms with Crippen molar-refractivity contribution in [1.29, 1.82) is 0 Å². The number of unbranched alkanes of at least 4 members (excludes halogenated alkanes) is 9. The van der Waals surface area contributed by atoms with Crippen LogP contribution in [-0.4, -0.2) is 6.04 Å². The minimum atomic E-state index is 0.537. The summed E-state index contributed by atoms with van der Waals surface area (Å²) in [6.45, 7) is 7.01. The average molecular weight is 283 g/mol. The van der Waals surface area contributed by atoms with E-state index in [1.807, 2.05) is 0 Å². The fourth-order valence-electron chi connectivity index (χ4n) is 3.45. The van der Waals surface area contributed by atoms with Crippen molar-refractivity contribution in [1.82, 2.24) is 5.43 Å². The number of hydrazine groups is 1.